The number of rotatable bonds is 5. The van der Waals surface area contributed by atoms with Gasteiger partial charge in [-0.1, -0.05) is 6.92 Å². The van der Waals surface area contributed by atoms with Gasteiger partial charge in [-0.15, -0.1) is 11.3 Å². The maximum absolute atomic E-state index is 12.6. The Bertz CT molecular complexity index is 634. The Balaban J connectivity index is 1.79. The molecule has 0 aliphatic carbocycles. The number of Topliss-reactive ketones (excluding diaryl/α,β-unsaturated/α-hetero) is 1. The fourth-order valence-corrected chi connectivity index (χ4v) is 4.95. The topological polar surface area (TPSA) is 34.9 Å². The van der Waals surface area contributed by atoms with Crippen LogP contribution in [0.2, 0.25) is 0 Å². The lowest BCUT2D eigenvalue weighted by atomic mass is 10.1. The van der Waals surface area contributed by atoms with Gasteiger partial charge in [0.1, 0.15) is 0 Å². The molecule has 0 saturated carbocycles. The van der Waals surface area contributed by atoms with Gasteiger partial charge < -0.3 is 0 Å². The summed E-state index contributed by atoms with van der Waals surface area (Å²) < 4.78 is 1.96. The van der Waals surface area contributed by atoms with Crippen LogP contribution in [0.15, 0.2) is 12.1 Å². The largest absolute Gasteiger partial charge is 0.293 e. The van der Waals surface area contributed by atoms with Gasteiger partial charge in [-0.05, 0) is 43.2 Å². The molecule has 0 unspecified atom stereocenters. The molecule has 2 aromatic rings. The normalized spacial score (nSPS) is 14.2. The van der Waals surface area contributed by atoms with E-state index in [2.05, 4.69) is 31.1 Å². The molecular formula is C16H20N2OS2. The molecule has 0 N–H and O–H groups in total. The Hall–Kier alpha value is -1.07. The van der Waals surface area contributed by atoms with Crippen LogP contribution in [0.5, 0.6) is 0 Å². The number of fused-ring (bicyclic) bond motifs is 1. The first-order valence-corrected chi connectivity index (χ1v) is 9.46. The molecule has 1 aliphatic heterocycles. The quantitative estimate of drug-likeness (QED) is 0.787. The number of hydrogen-bond acceptors (Lipinski definition) is 4. The van der Waals surface area contributed by atoms with Crippen LogP contribution in [-0.4, -0.2) is 21.3 Å². The van der Waals surface area contributed by atoms with Crippen molar-refractivity contribution in [1.29, 1.82) is 0 Å². The third kappa shape index (κ3) is 3.09. The predicted molar refractivity (Wildman–Crippen MR) is 89.5 cm³/mol. The molecule has 2 aromatic heterocycles. The Kier molecular flexibility index (Phi) is 4.50. The number of carbonyl (C=O) groups excluding carboxylic acids is 1. The minimum Gasteiger partial charge on any atom is -0.293 e. The second-order valence-electron chi connectivity index (χ2n) is 5.26. The van der Waals surface area contributed by atoms with E-state index in [4.69, 9.17) is 0 Å². The van der Waals surface area contributed by atoms with Crippen molar-refractivity contribution in [3.8, 4) is 0 Å². The smallest absolute Gasteiger partial charge is 0.178 e. The standard InChI is InChI=1S/C16H20N2OS2/c1-3-12-8-13(18(4-2)17-12)9-14(19)16-7-11-10-20-6-5-15(11)21-16/h7-8H,3-6,9-10H2,1-2H3. The van der Waals surface area contributed by atoms with E-state index in [-0.39, 0.29) is 5.78 Å². The van der Waals surface area contributed by atoms with Gasteiger partial charge in [0, 0.05) is 22.9 Å². The van der Waals surface area contributed by atoms with Crippen molar-refractivity contribution in [3.05, 3.63) is 38.8 Å². The van der Waals surface area contributed by atoms with E-state index in [1.807, 2.05) is 16.4 Å². The highest BCUT2D eigenvalue weighted by molar-refractivity contribution is 7.98. The summed E-state index contributed by atoms with van der Waals surface area (Å²) in [5.41, 5.74) is 3.49. The molecular weight excluding hydrogens is 300 g/mol. The maximum atomic E-state index is 12.6. The van der Waals surface area contributed by atoms with Crippen LogP contribution in [0, 0.1) is 0 Å². The molecule has 21 heavy (non-hydrogen) atoms. The van der Waals surface area contributed by atoms with Gasteiger partial charge in [0.2, 0.25) is 0 Å². The molecule has 112 valence electrons. The van der Waals surface area contributed by atoms with Crippen LogP contribution in [0.3, 0.4) is 0 Å². The summed E-state index contributed by atoms with van der Waals surface area (Å²) in [4.78, 5) is 14.9. The second kappa shape index (κ2) is 6.36. The zero-order valence-electron chi connectivity index (χ0n) is 12.5. The summed E-state index contributed by atoms with van der Waals surface area (Å²) in [6.07, 6.45) is 2.50. The van der Waals surface area contributed by atoms with Crippen molar-refractivity contribution in [3.63, 3.8) is 0 Å². The molecule has 3 rings (SSSR count). The van der Waals surface area contributed by atoms with E-state index in [9.17, 15) is 4.79 Å². The number of nitrogens with zero attached hydrogens (tertiary/aromatic N) is 2. The Morgan fingerprint density at radius 2 is 2.24 bits per heavy atom. The highest BCUT2D eigenvalue weighted by atomic mass is 32.2. The molecule has 5 heteroatoms. The molecule has 0 aromatic carbocycles. The zero-order chi connectivity index (χ0) is 14.8. The number of aromatic nitrogens is 2. The van der Waals surface area contributed by atoms with Crippen molar-refractivity contribution in [2.24, 2.45) is 0 Å². The molecule has 3 heterocycles. The fraction of sp³-hybridized carbons (Fsp3) is 0.500. The van der Waals surface area contributed by atoms with E-state index in [0.717, 1.165) is 41.4 Å². The second-order valence-corrected chi connectivity index (χ2v) is 7.50. The van der Waals surface area contributed by atoms with E-state index < -0.39 is 0 Å². The number of hydrogen-bond donors (Lipinski definition) is 0. The predicted octanol–water partition coefficient (Wildman–Crippen LogP) is 3.74. The molecule has 1 aliphatic rings. The van der Waals surface area contributed by atoms with Crippen LogP contribution < -0.4 is 0 Å². The van der Waals surface area contributed by atoms with E-state index >= 15 is 0 Å². The van der Waals surface area contributed by atoms with Crippen molar-refractivity contribution in [2.45, 2.75) is 45.4 Å². The highest BCUT2D eigenvalue weighted by Gasteiger charge is 2.19. The summed E-state index contributed by atoms with van der Waals surface area (Å²) in [5.74, 6) is 2.48. The third-order valence-corrected chi connectivity index (χ3v) is 6.11. The molecule has 0 bridgehead atoms. The van der Waals surface area contributed by atoms with Gasteiger partial charge in [-0.3, -0.25) is 9.48 Å². The first kappa shape index (κ1) is 14.9. The van der Waals surface area contributed by atoms with Crippen molar-refractivity contribution in [1.82, 2.24) is 9.78 Å². The van der Waals surface area contributed by atoms with Gasteiger partial charge in [0.25, 0.3) is 0 Å². The van der Waals surface area contributed by atoms with Gasteiger partial charge >= 0.3 is 0 Å². The average Bonchev–Trinajstić information content (AvgIpc) is 3.10. The summed E-state index contributed by atoms with van der Waals surface area (Å²) in [6, 6.07) is 4.19. The first-order valence-electron chi connectivity index (χ1n) is 7.49. The minimum atomic E-state index is 0.233. The van der Waals surface area contributed by atoms with Crippen molar-refractivity contribution in [2.75, 3.05) is 5.75 Å². The number of carbonyl (C=O) groups is 1. The number of aryl methyl sites for hydroxylation is 3. The zero-order valence-corrected chi connectivity index (χ0v) is 14.1. The molecule has 0 fully saturated rings. The lowest BCUT2D eigenvalue weighted by molar-refractivity contribution is 0.0994. The minimum absolute atomic E-state index is 0.233. The van der Waals surface area contributed by atoms with E-state index in [1.165, 1.54) is 16.2 Å². The van der Waals surface area contributed by atoms with Crippen LogP contribution in [-0.2, 0) is 31.6 Å². The summed E-state index contributed by atoms with van der Waals surface area (Å²) in [5, 5.41) is 4.52. The maximum Gasteiger partial charge on any atom is 0.178 e. The van der Waals surface area contributed by atoms with Crippen LogP contribution in [0.25, 0.3) is 0 Å². The molecule has 0 amide bonds. The molecule has 0 atom stereocenters. The summed E-state index contributed by atoms with van der Waals surface area (Å²) in [6.45, 7) is 4.99. The first-order chi connectivity index (χ1) is 10.2. The van der Waals surface area contributed by atoms with Gasteiger partial charge in [-0.2, -0.15) is 16.9 Å². The monoisotopic (exact) mass is 320 g/mol. The summed E-state index contributed by atoms with van der Waals surface area (Å²) in [7, 11) is 0. The fourth-order valence-electron chi connectivity index (χ4n) is 2.64. The number of thioether (sulfide) groups is 1. The number of ketones is 1. The number of thiophene rings is 1. The van der Waals surface area contributed by atoms with Crippen LogP contribution in [0.4, 0.5) is 0 Å². The Morgan fingerprint density at radius 3 is 2.95 bits per heavy atom. The van der Waals surface area contributed by atoms with Crippen LogP contribution in [0.1, 0.15) is 45.3 Å². The van der Waals surface area contributed by atoms with Gasteiger partial charge in [0.15, 0.2) is 5.78 Å². The molecule has 0 spiro atoms. The van der Waals surface area contributed by atoms with Crippen molar-refractivity contribution < 1.29 is 4.79 Å². The van der Waals surface area contributed by atoms with Crippen LogP contribution >= 0.6 is 23.1 Å². The van der Waals surface area contributed by atoms with Gasteiger partial charge in [0.05, 0.1) is 17.0 Å². The lowest BCUT2D eigenvalue weighted by Gasteiger charge is -2.08. The highest BCUT2D eigenvalue weighted by Crippen LogP contribution is 2.32. The average molecular weight is 320 g/mol. The lowest BCUT2D eigenvalue weighted by Crippen LogP contribution is -2.08. The third-order valence-electron chi connectivity index (χ3n) is 3.82. The van der Waals surface area contributed by atoms with E-state index in [1.54, 1.807) is 11.3 Å². The van der Waals surface area contributed by atoms with Gasteiger partial charge in [-0.25, -0.2) is 0 Å². The Morgan fingerprint density at radius 1 is 1.38 bits per heavy atom. The Labute approximate surface area is 133 Å². The SMILES string of the molecule is CCc1cc(CC(=O)c2cc3c(s2)CCSC3)n(CC)n1. The van der Waals surface area contributed by atoms with Crippen molar-refractivity contribution >= 4 is 28.9 Å². The molecule has 0 radical (unpaired) electrons. The van der Waals surface area contributed by atoms with E-state index in [0.29, 0.717) is 6.42 Å². The summed E-state index contributed by atoms with van der Waals surface area (Å²) >= 11 is 3.66. The molecule has 3 nitrogen and oxygen atoms in total. The molecule has 0 saturated heterocycles.